The molecule has 2 amide bonds. The Morgan fingerprint density at radius 3 is 3.00 bits per heavy atom. The van der Waals surface area contributed by atoms with Crippen LogP contribution in [0.3, 0.4) is 0 Å². The number of amides is 2. The Morgan fingerprint density at radius 1 is 1.48 bits per heavy atom. The summed E-state index contributed by atoms with van der Waals surface area (Å²) in [5.74, 6) is 0.0498. The quantitative estimate of drug-likeness (QED) is 0.644. The summed E-state index contributed by atoms with van der Waals surface area (Å²) in [4.78, 5) is 24.3. The van der Waals surface area contributed by atoms with Gasteiger partial charge in [0.2, 0.25) is 0 Å². The Morgan fingerprint density at radius 2 is 2.29 bits per heavy atom. The number of benzene rings is 1. The highest BCUT2D eigenvalue weighted by atomic mass is 35.5. The Balaban J connectivity index is 2.12. The molecule has 0 unspecified atom stereocenters. The summed E-state index contributed by atoms with van der Waals surface area (Å²) in [5, 5.41) is 5.88. The van der Waals surface area contributed by atoms with Crippen LogP contribution in [0.4, 0.5) is 4.79 Å². The third kappa shape index (κ3) is 4.41. The lowest BCUT2D eigenvalue weighted by Crippen LogP contribution is -2.44. The molecule has 112 valence electrons. The van der Waals surface area contributed by atoms with Gasteiger partial charge in [0, 0.05) is 21.4 Å². The fourth-order valence-corrected chi connectivity index (χ4v) is 2.98. The maximum Gasteiger partial charge on any atom is 0.337 e. The van der Waals surface area contributed by atoms with E-state index in [0.717, 1.165) is 4.90 Å². The van der Waals surface area contributed by atoms with Gasteiger partial charge in [0.1, 0.15) is 0 Å². The lowest BCUT2D eigenvalue weighted by molar-refractivity contribution is -0.138. The maximum absolute atomic E-state index is 11.9. The summed E-state index contributed by atoms with van der Waals surface area (Å²) in [7, 11) is 0. The van der Waals surface area contributed by atoms with Crippen LogP contribution < -0.4 is 10.6 Å². The smallest absolute Gasteiger partial charge is 0.337 e. The van der Waals surface area contributed by atoms with Crippen LogP contribution in [0.1, 0.15) is 6.92 Å². The van der Waals surface area contributed by atoms with Crippen molar-refractivity contribution in [2.24, 2.45) is 0 Å². The van der Waals surface area contributed by atoms with Crippen molar-refractivity contribution in [1.29, 1.82) is 0 Å². The largest absolute Gasteiger partial charge is 0.463 e. The topological polar surface area (TPSA) is 67.4 Å². The zero-order valence-electron chi connectivity index (χ0n) is 11.4. The second-order valence-electron chi connectivity index (χ2n) is 4.23. The lowest BCUT2D eigenvalue weighted by atomic mass is 10.2. The molecule has 0 saturated carbocycles. The number of ether oxygens (including phenoxy) is 1. The SMILES string of the molecule is CCOC(=O)C1=C(CSc2cccc(Cl)c2)NC(=O)NC1. The molecule has 2 rings (SSSR count). The number of rotatable bonds is 5. The molecule has 21 heavy (non-hydrogen) atoms. The van der Waals surface area contributed by atoms with Crippen LogP contribution in [0, 0.1) is 0 Å². The van der Waals surface area contributed by atoms with E-state index in [0.29, 0.717) is 28.7 Å². The van der Waals surface area contributed by atoms with Gasteiger partial charge in [0.05, 0.1) is 18.7 Å². The molecule has 0 aliphatic carbocycles. The van der Waals surface area contributed by atoms with E-state index in [-0.39, 0.29) is 12.6 Å². The molecule has 0 spiro atoms. The van der Waals surface area contributed by atoms with Crippen molar-refractivity contribution in [2.45, 2.75) is 11.8 Å². The molecule has 0 fully saturated rings. The van der Waals surface area contributed by atoms with E-state index in [9.17, 15) is 9.59 Å². The summed E-state index contributed by atoms with van der Waals surface area (Å²) >= 11 is 7.42. The third-order valence-corrected chi connectivity index (χ3v) is 4.01. The molecule has 0 bridgehead atoms. The molecule has 0 saturated heterocycles. The van der Waals surface area contributed by atoms with E-state index in [1.165, 1.54) is 11.8 Å². The number of carbonyl (C=O) groups excluding carboxylic acids is 2. The van der Waals surface area contributed by atoms with Gasteiger partial charge in [-0.25, -0.2) is 9.59 Å². The van der Waals surface area contributed by atoms with Crippen LogP contribution in [0.2, 0.25) is 5.02 Å². The number of hydrogen-bond donors (Lipinski definition) is 2. The molecule has 1 aromatic carbocycles. The van der Waals surface area contributed by atoms with E-state index < -0.39 is 5.97 Å². The highest BCUT2D eigenvalue weighted by Crippen LogP contribution is 2.24. The molecule has 1 aliphatic heterocycles. The van der Waals surface area contributed by atoms with Crippen molar-refractivity contribution in [3.05, 3.63) is 40.6 Å². The zero-order chi connectivity index (χ0) is 15.2. The number of nitrogens with one attached hydrogen (secondary N) is 2. The van der Waals surface area contributed by atoms with Crippen molar-refractivity contribution in [1.82, 2.24) is 10.6 Å². The summed E-state index contributed by atoms with van der Waals surface area (Å²) < 4.78 is 5.00. The molecule has 7 heteroatoms. The molecule has 0 radical (unpaired) electrons. The van der Waals surface area contributed by atoms with Crippen LogP contribution in [-0.2, 0) is 9.53 Å². The zero-order valence-corrected chi connectivity index (χ0v) is 13.0. The average molecular weight is 327 g/mol. The number of hydrogen-bond acceptors (Lipinski definition) is 4. The van der Waals surface area contributed by atoms with E-state index in [4.69, 9.17) is 16.3 Å². The molecule has 0 atom stereocenters. The highest BCUT2D eigenvalue weighted by Gasteiger charge is 2.23. The third-order valence-electron chi connectivity index (χ3n) is 2.76. The Hall–Kier alpha value is -1.66. The molecule has 0 aromatic heterocycles. The van der Waals surface area contributed by atoms with E-state index in [1.54, 1.807) is 13.0 Å². The van der Waals surface area contributed by atoms with Gasteiger partial charge in [-0.05, 0) is 25.1 Å². The lowest BCUT2D eigenvalue weighted by Gasteiger charge is -2.21. The fourth-order valence-electron chi connectivity index (χ4n) is 1.78. The predicted molar refractivity (Wildman–Crippen MR) is 82.4 cm³/mol. The first kappa shape index (κ1) is 15.7. The molecule has 1 aliphatic rings. The maximum atomic E-state index is 11.9. The number of halogens is 1. The van der Waals surface area contributed by atoms with Crippen molar-refractivity contribution >= 4 is 35.4 Å². The van der Waals surface area contributed by atoms with Gasteiger partial charge in [0.25, 0.3) is 0 Å². The van der Waals surface area contributed by atoms with Gasteiger partial charge in [0.15, 0.2) is 0 Å². The Bertz CT molecular complexity index is 589. The summed E-state index contributed by atoms with van der Waals surface area (Å²) in [6.45, 7) is 2.22. The molecular formula is C14H15ClN2O3S. The minimum Gasteiger partial charge on any atom is -0.463 e. The first-order chi connectivity index (χ1) is 10.1. The average Bonchev–Trinajstić information content (AvgIpc) is 2.45. The second kappa shape index (κ2) is 7.38. The first-order valence-corrected chi connectivity index (χ1v) is 7.79. The molecule has 2 N–H and O–H groups in total. The molecule has 5 nitrogen and oxygen atoms in total. The van der Waals surface area contributed by atoms with Crippen LogP contribution in [0.5, 0.6) is 0 Å². The van der Waals surface area contributed by atoms with Gasteiger partial charge in [-0.3, -0.25) is 0 Å². The fraction of sp³-hybridized carbons (Fsp3) is 0.286. The number of esters is 1. The monoisotopic (exact) mass is 326 g/mol. The van der Waals surface area contributed by atoms with E-state index >= 15 is 0 Å². The van der Waals surface area contributed by atoms with Crippen LogP contribution >= 0.6 is 23.4 Å². The van der Waals surface area contributed by atoms with Gasteiger partial charge in [-0.1, -0.05) is 17.7 Å². The minimum absolute atomic E-state index is 0.177. The first-order valence-electron chi connectivity index (χ1n) is 6.42. The van der Waals surface area contributed by atoms with Crippen LogP contribution in [-0.4, -0.2) is 30.9 Å². The van der Waals surface area contributed by atoms with Crippen molar-refractivity contribution in [3.63, 3.8) is 0 Å². The summed E-state index contributed by atoms with van der Waals surface area (Å²) in [6, 6.07) is 7.09. The van der Waals surface area contributed by atoms with Crippen LogP contribution in [0.15, 0.2) is 40.4 Å². The Kier molecular flexibility index (Phi) is 5.52. The van der Waals surface area contributed by atoms with Gasteiger partial charge in [-0.2, -0.15) is 0 Å². The van der Waals surface area contributed by atoms with Gasteiger partial charge in [-0.15, -0.1) is 11.8 Å². The molecular weight excluding hydrogens is 312 g/mol. The van der Waals surface area contributed by atoms with Crippen LogP contribution in [0.25, 0.3) is 0 Å². The molecule has 1 aromatic rings. The number of thioether (sulfide) groups is 1. The van der Waals surface area contributed by atoms with Crippen molar-refractivity contribution in [2.75, 3.05) is 18.9 Å². The Labute approximate surface area is 132 Å². The summed E-state index contributed by atoms with van der Waals surface area (Å²) in [5.41, 5.74) is 1.02. The van der Waals surface area contributed by atoms with Gasteiger partial charge < -0.3 is 15.4 Å². The van der Waals surface area contributed by atoms with E-state index in [2.05, 4.69) is 10.6 Å². The van der Waals surface area contributed by atoms with Crippen molar-refractivity contribution in [3.8, 4) is 0 Å². The minimum atomic E-state index is -0.410. The van der Waals surface area contributed by atoms with E-state index in [1.807, 2.05) is 18.2 Å². The number of carbonyl (C=O) groups is 2. The second-order valence-corrected chi connectivity index (χ2v) is 5.72. The summed E-state index contributed by atoms with van der Waals surface area (Å²) in [6.07, 6.45) is 0. The van der Waals surface area contributed by atoms with Gasteiger partial charge >= 0.3 is 12.0 Å². The standard InChI is InChI=1S/C14H15ClN2O3S/c1-2-20-13(18)11-7-16-14(19)17-12(11)8-21-10-5-3-4-9(15)6-10/h3-6H,2,7-8H2,1H3,(H2,16,17,19). The molecule has 1 heterocycles. The normalized spacial score (nSPS) is 14.5. The highest BCUT2D eigenvalue weighted by molar-refractivity contribution is 7.99. The van der Waals surface area contributed by atoms with Crippen molar-refractivity contribution < 1.29 is 14.3 Å². The number of urea groups is 1. The predicted octanol–water partition coefficient (Wildman–Crippen LogP) is 2.56.